The van der Waals surface area contributed by atoms with Crippen molar-refractivity contribution in [2.75, 3.05) is 12.4 Å². The lowest BCUT2D eigenvalue weighted by Crippen LogP contribution is -2.15. The van der Waals surface area contributed by atoms with Gasteiger partial charge >= 0.3 is 5.97 Å². The number of methoxy groups -OCH3 is 1. The highest BCUT2D eigenvalue weighted by Gasteiger charge is 2.13. The summed E-state index contributed by atoms with van der Waals surface area (Å²) in [5.41, 5.74) is 1.27. The van der Waals surface area contributed by atoms with Crippen molar-refractivity contribution in [1.29, 1.82) is 0 Å². The molecular weight excluding hydrogens is 278 g/mol. The Kier molecular flexibility index (Phi) is 4.37. The minimum absolute atomic E-state index is 0.109. The molecule has 5 nitrogen and oxygen atoms in total. The predicted molar refractivity (Wildman–Crippen MR) is 76.6 cm³/mol. The van der Waals surface area contributed by atoms with Gasteiger partial charge in [0.2, 0.25) is 5.91 Å². The summed E-state index contributed by atoms with van der Waals surface area (Å²) in [6.45, 7) is 0. The van der Waals surface area contributed by atoms with Crippen LogP contribution in [0, 0.1) is 0 Å². The third kappa shape index (κ3) is 3.36. The number of carboxylic acids is 1. The number of aromatic carboxylic acids is 1. The number of benzene rings is 1. The van der Waals surface area contributed by atoms with Crippen molar-refractivity contribution in [2.24, 2.45) is 0 Å². The fourth-order valence-corrected chi connectivity index (χ4v) is 2.44. The van der Waals surface area contributed by atoms with E-state index in [2.05, 4.69) is 5.32 Å². The van der Waals surface area contributed by atoms with Crippen LogP contribution in [0.3, 0.4) is 0 Å². The van der Waals surface area contributed by atoms with Gasteiger partial charge in [-0.05, 0) is 17.7 Å². The third-order valence-electron chi connectivity index (χ3n) is 2.69. The molecular formula is C14H13NO4S. The normalized spacial score (nSPS) is 10.1. The van der Waals surface area contributed by atoms with Crippen molar-refractivity contribution in [3.8, 4) is 5.75 Å². The molecule has 0 fully saturated rings. The van der Waals surface area contributed by atoms with E-state index >= 15 is 0 Å². The maximum atomic E-state index is 11.9. The van der Waals surface area contributed by atoms with Crippen molar-refractivity contribution in [2.45, 2.75) is 6.42 Å². The molecule has 6 heteroatoms. The second-order valence-electron chi connectivity index (χ2n) is 4.08. The molecule has 20 heavy (non-hydrogen) atoms. The van der Waals surface area contributed by atoms with Gasteiger partial charge in [-0.25, -0.2) is 4.79 Å². The zero-order valence-corrected chi connectivity index (χ0v) is 11.6. The Labute approximate surface area is 119 Å². The van der Waals surface area contributed by atoms with E-state index in [-0.39, 0.29) is 17.9 Å². The highest BCUT2D eigenvalue weighted by Crippen LogP contribution is 2.21. The molecule has 0 saturated carbocycles. The first kappa shape index (κ1) is 14.1. The molecule has 0 aliphatic carbocycles. The van der Waals surface area contributed by atoms with Crippen LogP contribution < -0.4 is 10.1 Å². The molecule has 2 N–H and O–H groups in total. The monoisotopic (exact) mass is 291 g/mol. The molecule has 0 unspecified atom stereocenters. The molecule has 2 aromatic rings. The van der Waals surface area contributed by atoms with Crippen LogP contribution in [-0.2, 0) is 11.2 Å². The predicted octanol–water partition coefficient (Wildman–Crippen LogP) is 2.64. The molecule has 2 rings (SSSR count). The van der Waals surface area contributed by atoms with Crippen molar-refractivity contribution in [3.05, 3.63) is 46.2 Å². The van der Waals surface area contributed by atoms with Gasteiger partial charge in [-0.2, -0.15) is 0 Å². The Balaban J connectivity index is 2.01. The van der Waals surface area contributed by atoms with E-state index in [1.165, 1.54) is 16.7 Å². The number of rotatable bonds is 5. The van der Waals surface area contributed by atoms with E-state index in [1.807, 2.05) is 0 Å². The summed E-state index contributed by atoms with van der Waals surface area (Å²) in [5, 5.41) is 14.7. The van der Waals surface area contributed by atoms with Crippen LogP contribution >= 0.6 is 11.3 Å². The van der Waals surface area contributed by atoms with E-state index in [0.29, 0.717) is 5.69 Å². The van der Waals surface area contributed by atoms with Gasteiger partial charge in [0.1, 0.15) is 5.75 Å². The lowest BCUT2D eigenvalue weighted by Gasteiger charge is -2.05. The topological polar surface area (TPSA) is 75.6 Å². The fourth-order valence-electron chi connectivity index (χ4n) is 1.68. The molecule has 0 aliphatic rings. The van der Waals surface area contributed by atoms with Crippen LogP contribution in [0.2, 0.25) is 0 Å². The Morgan fingerprint density at radius 1 is 1.25 bits per heavy atom. The minimum atomic E-state index is -1.05. The molecule has 0 saturated heterocycles. The number of ether oxygens (including phenoxy) is 1. The number of thiophene rings is 1. The van der Waals surface area contributed by atoms with Gasteiger partial charge in [-0.3, -0.25) is 4.79 Å². The fraction of sp³-hybridized carbons (Fsp3) is 0.143. The first-order valence-electron chi connectivity index (χ1n) is 5.82. The average molecular weight is 291 g/mol. The van der Waals surface area contributed by atoms with Crippen LogP contribution in [0.1, 0.15) is 15.9 Å². The number of amides is 1. The standard InChI is InChI=1S/C14H13NO4S/c1-19-10-4-2-9(3-5-10)6-13(16)15-12-8-20-7-11(12)14(17)18/h2-5,7-8H,6H2,1H3,(H,15,16)(H,17,18). The summed E-state index contributed by atoms with van der Waals surface area (Å²) in [7, 11) is 1.58. The van der Waals surface area contributed by atoms with Gasteiger partial charge in [0.05, 0.1) is 24.8 Å². The van der Waals surface area contributed by atoms with E-state index < -0.39 is 5.97 Å². The second kappa shape index (κ2) is 6.21. The molecule has 0 atom stereocenters. The summed E-state index contributed by atoms with van der Waals surface area (Å²) in [5.74, 6) is -0.581. The molecule has 1 aromatic heterocycles. The van der Waals surface area contributed by atoms with E-state index in [9.17, 15) is 9.59 Å². The second-order valence-corrected chi connectivity index (χ2v) is 4.82. The Morgan fingerprint density at radius 3 is 2.55 bits per heavy atom. The molecule has 104 valence electrons. The number of hydrogen-bond acceptors (Lipinski definition) is 4. The number of hydrogen-bond donors (Lipinski definition) is 2. The van der Waals surface area contributed by atoms with Crippen LogP contribution in [-0.4, -0.2) is 24.1 Å². The smallest absolute Gasteiger partial charge is 0.338 e. The lowest BCUT2D eigenvalue weighted by molar-refractivity contribution is -0.115. The molecule has 0 aliphatic heterocycles. The molecule has 0 bridgehead atoms. The Hall–Kier alpha value is -2.34. The van der Waals surface area contributed by atoms with Gasteiger partial charge in [-0.15, -0.1) is 11.3 Å². The summed E-state index contributed by atoms with van der Waals surface area (Å²) in [6.07, 6.45) is 0.179. The summed E-state index contributed by atoms with van der Waals surface area (Å²) in [4.78, 5) is 22.8. The number of nitrogens with one attached hydrogen (secondary N) is 1. The van der Waals surface area contributed by atoms with E-state index in [4.69, 9.17) is 9.84 Å². The Morgan fingerprint density at radius 2 is 1.95 bits per heavy atom. The van der Waals surface area contributed by atoms with Crippen molar-refractivity contribution in [3.63, 3.8) is 0 Å². The van der Waals surface area contributed by atoms with Crippen LogP contribution in [0.5, 0.6) is 5.75 Å². The largest absolute Gasteiger partial charge is 0.497 e. The summed E-state index contributed by atoms with van der Waals surface area (Å²) in [6, 6.07) is 7.14. The highest BCUT2D eigenvalue weighted by molar-refractivity contribution is 7.08. The number of carbonyl (C=O) groups excluding carboxylic acids is 1. The molecule has 1 aromatic carbocycles. The minimum Gasteiger partial charge on any atom is -0.497 e. The number of carbonyl (C=O) groups is 2. The van der Waals surface area contributed by atoms with Crippen molar-refractivity contribution in [1.82, 2.24) is 0 Å². The van der Waals surface area contributed by atoms with Crippen LogP contribution in [0.15, 0.2) is 35.0 Å². The van der Waals surface area contributed by atoms with Gasteiger partial charge in [0, 0.05) is 10.8 Å². The summed E-state index contributed by atoms with van der Waals surface area (Å²) >= 11 is 1.24. The van der Waals surface area contributed by atoms with Gasteiger partial charge in [-0.1, -0.05) is 12.1 Å². The van der Waals surface area contributed by atoms with Gasteiger partial charge in [0.15, 0.2) is 0 Å². The van der Waals surface area contributed by atoms with E-state index in [1.54, 1.807) is 36.8 Å². The first-order chi connectivity index (χ1) is 9.60. The molecule has 1 heterocycles. The molecule has 0 spiro atoms. The third-order valence-corrected chi connectivity index (χ3v) is 3.43. The average Bonchev–Trinajstić information content (AvgIpc) is 2.87. The molecule has 0 radical (unpaired) electrons. The maximum absolute atomic E-state index is 11.9. The van der Waals surface area contributed by atoms with Gasteiger partial charge < -0.3 is 15.2 Å². The zero-order chi connectivity index (χ0) is 14.5. The van der Waals surface area contributed by atoms with Crippen LogP contribution in [0.4, 0.5) is 5.69 Å². The first-order valence-corrected chi connectivity index (χ1v) is 6.76. The van der Waals surface area contributed by atoms with Crippen LogP contribution in [0.25, 0.3) is 0 Å². The molecule has 1 amide bonds. The lowest BCUT2D eigenvalue weighted by atomic mass is 10.1. The maximum Gasteiger partial charge on any atom is 0.338 e. The number of carboxylic acid groups (broad SMARTS) is 1. The number of anilines is 1. The van der Waals surface area contributed by atoms with E-state index in [0.717, 1.165) is 11.3 Å². The van der Waals surface area contributed by atoms with Crippen molar-refractivity contribution < 1.29 is 19.4 Å². The Bertz CT molecular complexity index is 618. The highest BCUT2D eigenvalue weighted by atomic mass is 32.1. The SMILES string of the molecule is COc1ccc(CC(=O)Nc2cscc2C(=O)O)cc1. The van der Waals surface area contributed by atoms with Crippen molar-refractivity contribution >= 4 is 28.9 Å². The quantitative estimate of drug-likeness (QED) is 0.888. The summed E-state index contributed by atoms with van der Waals surface area (Å²) < 4.78 is 5.04. The zero-order valence-electron chi connectivity index (χ0n) is 10.8. The van der Waals surface area contributed by atoms with Gasteiger partial charge in [0.25, 0.3) is 0 Å².